The van der Waals surface area contributed by atoms with Crippen LogP contribution in [0.4, 0.5) is 5.13 Å². The van der Waals surface area contributed by atoms with Crippen LogP contribution >= 0.6 is 11.3 Å². The lowest BCUT2D eigenvalue weighted by Crippen LogP contribution is -2.12. The average molecular weight is 401 g/mol. The minimum Gasteiger partial charge on any atom is -0.457 e. The van der Waals surface area contributed by atoms with Crippen LogP contribution in [0.25, 0.3) is 11.3 Å². The van der Waals surface area contributed by atoms with Gasteiger partial charge in [-0.2, -0.15) is 0 Å². The van der Waals surface area contributed by atoms with Crippen molar-refractivity contribution in [2.24, 2.45) is 0 Å². The summed E-state index contributed by atoms with van der Waals surface area (Å²) in [6.07, 6.45) is 0.853. The maximum absolute atomic E-state index is 12.9. The van der Waals surface area contributed by atoms with Crippen LogP contribution in [0.5, 0.6) is 11.5 Å². The molecular weight excluding hydrogens is 380 g/mol. The number of anilines is 1. The highest BCUT2D eigenvalue weighted by Gasteiger charge is 2.17. The van der Waals surface area contributed by atoms with Crippen LogP contribution in [0.2, 0.25) is 0 Å². The SMILES string of the molecule is CCc1sc(NC(=O)c2ccccc2Oc2ccccc2)nc1-c1ccccc1. The van der Waals surface area contributed by atoms with E-state index in [2.05, 4.69) is 17.2 Å². The third-order valence-electron chi connectivity index (χ3n) is 4.39. The number of benzene rings is 3. The molecule has 0 bridgehead atoms. The fraction of sp³-hybridized carbons (Fsp3) is 0.0833. The number of thiazole rings is 1. The number of nitrogens with zero attached hydrogens (tertiary/aromatic N) is 1. The van der Waals surface area contributed by atoms with E-state index in [1.165, 1.54) is 11.3 Å². The normalized spacial score (nSPS) is 10.5. The molecule has 4 rings (SSSR count). The van der Waals surface area contributed by atoms with Gasteiger partial charge in [0.1, 0.15) is 11.5 Å². The van der Waals surface area contributed by atoms with Crippen molar-refractivity contribution in [1.29, 1.82) is 0 Å². The largest absolute Gasteiger partial charge is 0.457 e. The molecule has 3 aromatic carbocycles. The van der Waals surface area contributed by atoms with Gasteiger partial charge in [-0.3, -0.25) is 10.1 Å². The van der Waals surface area contributed by atoms with Crippen molar-refractivity contribution in [3.8, 4) is 22.8 Å². The van der Waals surface area contributed by atoms with Gasteiger partial charge in [-0.15, -0.1) is 11.3 Å². The number of hydrogen-bond acceptors (Lipinski definition) is 4. The van der Waals surface area contributed by atoms with Gasteiger partial charge in [-0.25, -0.2) is 4.98 Å². The molecule has 144 valence electrons. The molecule has 0 aliphatic carbocycles. The zero-order valence-electron chi connectivity index (χ0n) is 16.0. The highest BCUT2D eigenvalue weighted by molar-refractivity contribution is 7.16. The predicted octanol–water partition coefficient (Wildman–Crippen LogP) is 6.42. The average Bonchev–Trinajstić information content (AvgIpc) is 3.18. The number of rotatable bonds is 6. The van der Waals surface area contributed by atoms with E-state index in [-0.39, 0.29) is 5.91 Å². The minimum atomic E-state index is -0.243. The molecule has 0 saturated heterocycles. The van der Waals surface area contributed by atoms with Crippen molar-refractivity contribution in [3.05, 3.63) is 95.4 Å². The van der Waals surface area contributed by atoms with Gasteiger partial charge in [-0.05, 0) is 30.7 Å². The first-order chi connectivity index (χ1) is 14.2. The van der Waals surface area contributed by atoms with Crippen LogP contribution in [-0.2, 0) is 6.42 Å². The fourth-order valence-corrected chi connectivity index (χ4v) is 3.91. The maximum atomic E-state index is 12.9. The lowest BCUT2D eigenvalue weighted by molar-refractivity contribution is 0.102. The second-order valence-corrected chi connectivity index (χ2v) is 7.46. The summed E-state index contributed by atoms with van der Waals surface area (Å²) < 4.78 is 5.91. The van der Waals surface area contributed by atoms with Crippen molar-refractivity contribution in [2.75, 3.05) is 5.32 Å². The summed E-state index contributed by atoms with van der Waals surface area (Å²) in [7, 11) is 0. The first kappa shape index (κ1) is 18.9. The van der Waals surface area contributed by atoms with Crippen molar-refractivity contribution < 1.29 is 9.53 Å². The Bertz CT molecular complexity index is 1110. The number of amides is 1. The molecule has 0 aliphatic heterocycles. The molecule has 0 fully saturated rings. The van der Waals surface area contributed by atoms with Gasteiger partial charge in [0.2, 0.25) is 0 Å². The van der Waals surface area contributed by atoms with E-state index in [1.54, 1.807) is 12.1 Å². The number of aryl methyl sites for hydroxylation is 1. The summed E-state index contributed by atoms with van der Waals surface area (Å²) >= 11 is 1.50. The van der Waals surface area contributed by atoms with Crippen LogP contribution in [-0.4, -0.2) is 10.9 Å². The Kier molecular flexibility index (Phi) is 5.68. The molecule has 1 heterocycles. The fourth-order valence-electron chi connectivity index (χ4n) is 2.99. The Hall–Kier alpha value is -3.44. The molecule has 1 N–H and O–H groups in total. The number of carbonyl (C=O) groups excluding carboxylic acids is 1. The van der Waals surface area contributed by atoms with Gasteiger partial charge in [0.05, 0.1) is 11.3 Å². The highest BCUT2D eigenvalue weighted by Crippen LogP contribution is 2.32. The third-order valence-corrected chi connectivity index (χ3v) is 5.50. The number of carbonyl (C=O) groups is 1. The second-order valence-electron chi connectivity index (χ2n) is 6.38. The van der Waals surface area contributed by atoms with Crippen molar-refractivity contribution in [1.82, 2.24) is 4.98 Å². The number of nitrogens with one attached hydrogen (secondary N) is 1. The van der Waals surface area contributed by atoms with E-state index in [1.807, 2.05) is 72.8 Å². The van der Waals surface area contributed by atoms with Crippen LogP contribution in [0.15, 0.2) is 84.9 Å². The van der Waals surface area contributed by atoms with E-state index in [0.717, 1.165) is 22.6 Å². The lowest BCUT2D eigenvalue weighted by Gasteiger charge is -2.10. The first-order valence-corrected chi connectivity index (χ1v) is 10.2. The molecule has 0 aliphatic rings. The molecular formula is C24H20N2O2S. The van der Waals surface area contributed by atoms with Gasteiger partial charge < -0.3 is 4.74 Å². The zero-order valence-corrected chi connectivity index (χ0v) is 16.8. The molecule has 0 radical (unpaired) electrons. The van der Waals surface area contributed by atoms with Crippen molar-refractivity contribution in [3.63, 3.8) is 0 Å². The second kappa shape index (κ2) is 8.71. The standard InChI is InChI=1S/C24H20N2O2S/c1-2-21-22(17-11-5-3-6-12-17)25-24(29-21)26-23(27)19-15-9-10-16-20(19)28-18-13-7-4-8-14-18/h3-16H,2H2,1H3,(H,25,26,27). The Morgan fingerprint density at radius 2 is 1.59 bits per heavy atom. The first-order valence-electron chi connectivity index (χ1n) is 9.43. The van der Waals surface area contributed by atoms with Crippen molar-refractivity contribution in [2.45, 2.75) is 13.3 Å². The summed E-state index contributed by atoms with van der Waals surface area (Å²) in [6.45, 7) is 2.09. The number of aromatic nitrogens is 1. The molecule has 0 atom stereocenters. The highest BCUT2D eigenvalue weighted by atomic mass is 32.1. The molecule has 4 aromatic rings. The molecule has 0 saturated carbocycles. The summed E-state index contributed by atoms with van der Waals surface area (Å²) in [5.74, 6) is 0.945. The molecule has 1 amide bonds. The zero-order chi connectivity index (χ0) is 20.1. The molecule has 29 heavy (non-hydrogen) atoms. The summed E-state index contributed by atoms with van der Waals surface area (Å²) in [4.78, 5) is 18.8. The van der Waals surface area contributed by atoms with Gasteiger partial charge in [0.15, 0.2) is 5.13 Å². The molecule has 1 aromatic heterocycles. The third kappa shape index (κ3) is 4.36. The Balaban J connectivity index is 1.58. The van der Waals surface area contributed by atoms with Gasteiger partial charge in [0.25, 0.3) is 5.91 Å². The van der Waals surface area contributed by atoms with E-state index in [0.29, 0.717) is 22.2 Å². The molecule has 4 nitrogen and oxygen atoms in total. The van der Waals surface area contributed by atoms with Gasteiger partial charge in [0, 0.05) is 10.4 Å². The van der Waals surface area contributed by atoms with Gasteiger partial charge in [-0.1, -0.05) is 67.6 Å². The van der Waals surface area contributed by atoms with E-state index in [9.17, 15) is 4.79 Å². The number of para-hydroxylation sites is 2. The van der Waals surface area contributed by atoms with E-state index < -0.39 is 0 Å². The molecule has 0 unspecified atom stereocenters. The summed E-state index contributed by atoms with van der Waals surface area (Å²) in [6, 6.07) is 26.6. The Morgan fingerprint density at radius 1 is 0.931 bits per heavy atom. The predicted molar refractivity (Wildman–Crippen MR) is 118 cm³/mol. The van der Waals surface area contributed by atoms with E-state index >= 15 is 0 Å². The van der Waals surface area contributed by atoms with Crippen LogP contribution < -0.4 is 10.1 Å². The van der Waals surface area contributed by atoms with Gasteiger partial charge >= 0.3 is 0 Å². The van der Waals surface area contributed by atoms with Crippen molar-refractivity contribution >= 4 is 22.4 Å². The monoisotopic (exact) mass is 400 g/mol. The topological polar surface area (TPSA) is 51.2 Å². The Labute approximate surface area is 173 Å². The van der Waals surface area contributed by atoms with Crippen LogP contribution in [0.3, 0.4) is 0 Å². The van der Waals surface area contributed by atoms with E-state index in [4.69, 9.17) is 4.74 Å². The molecule has 5 heteroatoms. The quantitative estimate of drug-likeness (QED) is 0.406. The maximum Gasteiger partial charge on any atom is 0.261 e. The summed E-state index contributed by atoms with van der Waals surface area (Å²) in [5.41, 5.74) is 2.43. The number of hydrogen-bond donors (Lipinski definition) is 1. The van der Waals surface area contributed by atoms with Crippen LogP contribution in [0.1, 0.15) is 22.2 Å². The molecule has 0 spiro atoms. The minimum absolute atomic E-state index is 0.243. The Morgan fingerprint density at radius 3 is 2.31 bits per heavy atom. The number of ether oxygens (including phenoxy) is 1. The summed E-state index contributed by atoms with van der Waals surface area (Å²) in [5, 5.41) is 3.52. The lowest BCUT2D eigenvalue weighted by atomic mass is 10.1. The smallest absolute Gasteiger partial charge is 0.261 e. The van der Waals surface area contributed by atoms with Crippen LogP contribution in [0, 0.1) is 0 Å².